The smallest absolute Gasteiger partial charge is 0.104 e. The van der Waals surface area contributed by atoms with Gasteiger partial charge in [0.05, 0.1) is 0 Å². The minimum atomic E-state index is -0.281. The largest absolute Gasteiger partial charge is 0.379 e. The van der Waals surface area contributed by atoms with Crippen molar-refractivity contribution >= 4 is 0 Å². The number of hydrogen-bond acceptors (Lipinski definition) is 2. The Morgan fingerprint density at radius 1 is 1.31 bits per heavy atom. The van der Waals surface area contributed by atoms with Crippen LogP contribution in [0.4, 0.5) is 0 Å². The van der Waals surface area contributed by atoms with Crippen LogP contribution in [0.15, 0.2) is 11.1 Å². The lowest BCUT2D eigenvalue weighted by atomic mass is 10.0. The van der Waals surface area contributed by atoms with Gasteiger partial charge in [-0.15, -0.1) is 0 Å². The Bertz CT molecular complexity index is 192. The molecule has 76 valence electrons. The molecule has 0 amide bonds. The van der Waals surface area contributed by atoms with E-state index in [-0.39, 0.29) is 6.23 Å². The first-order valence-corrected chi connectivity index (χ1v) is 5.18. The van der Waals surface area contributed by atoms with E-state index < -0.39 is 0 Å². The van der Waals surface area contributed by atoms with E-state index in [9.17, 15) is 5.11 Å². The van der Waals surface area contributed by atoms with Crippen LogP contribution in [0.2, 0.25) is 0 Å². The van der Waals surface area contributed by atoms with Crippen LogP contribution in [0.1, 0.15) is 40.0 Å². The van der Waals surface area contributed by atoms with Crippen LogP contribution in [0.3, 0.4) is 0 Å². The van der Waals surface area contributed by atoms with E-state index in [2.05, 4.69) is 18.7 Å². The van der Waals surface area contributed by atoms with E-state index in [1.54, 1.807) is 5.57 Å². The second-order valence-corrected chi connectivity index (χ2v) is 4.12. The topological polar surface area (TPSA) is 23.5 Å². The second kappa shape index (κ2) is 4.77. The number of rotatable bonds is 1. The molecule has 0 aromatic heterocycles. The van der Waals surface area contributed by atoms with Crippen LogP contribution in [-0.2, 0) is 0 Å². The molecule has 1 rings (SSSR count). The van der Waals surface area contributed by atoms with Crippen molar-refractivity contribution in [3.63, 3.8) is 0 Å². The molecule has 0 aromatic rings. The number of likely N-dealkylation sites (tertiary alicyclic amines) is 1. The quantitative estimate of drug-likeness (QED) is 0.630. The normalized spacial score (nSPS) is 22.6. The molecule has 0 aromatic carbocycles. The molecule has 2 nitrogen and oxygen atoms in total. The Morgan fingerprint density at radius 2 is 2.00 bits per heavy atom. The highest BCUT2D eigenvalue weighted by Gasteiger charge is 2.15. The van der Waals surface area contributed by atoms with Crippen LogP contribution in [0, 0.1) is 0 Å². The Balaban J connectivity index is 2.54. The fourth-order valence-electron chi connectivity index (χ4n) is 1.88. The first-order valence-electron chi connectivity index (χ1n) is 5.18. The third-order valence-corrected chi connectivity index (χ3v) is 2.86. The van der Waals surface area contributed by atoms with Gasteiger partial charge in [0.2, 0.25) is 0 Å². The van der Waals surface area contributed by atoms with E-state index in [1.165, 1.54) is 18.4 Å². The molecule has 0 saturated carbocycles. The molecule has 1 saturated heterocycles. The van der Waals surface area contributed by atoms with Gasteiger partial charge in [-0.1, -0.05) is 11.1 Å². The Labute approximate surface area is 81.2 Å². The van der Waals surface area contributed by atoms with Crippen molar-refractivity contribution in [2.24, 2.45) is 0 Å². The van der Waals surface area contributed by atoms with Gasteiger partial charge >= 0.3 is 0 Å². The average Bonchev–Trinajstić information content (AvgIpc) is 2.27. The molecule has 1 fully saturated rings. The number of hydrogen-bond donors (Lipinski definition) is 1. The van der Waals surface area contributed by atoms with Crippen LogP contribution in [0.25, 0.3) is 0 Å². The van der Waals surface area contributed by atoms with Crippen molar-refractivity contribution < 1.29 is 5.11 Å². The predicted molar refractivity (Wildman–Crippen MR) is 55.5 cm³/mol. The van der Waals surface area contributed by atoms with E-state index >= 15 is 0 Å². The maximum absolute atomic E-state index is 9.44. The predicted octanol–water partition coefficient (Wildman–Crippen LogP) is 2.15. The minimum Gasteiger partial charge on any atom is -0.379 e. The van der Waals surface area contributed by atoms with Gasteiger partial charge in [0, 0.05) is 13.1 Å². The summed E-state index contributed by atoms with van der Waals surface area (Å²) in [6, 6.07) is 0. The summed E-state index contributed by atoms with van der Waals surface area (Å²) < 4.78 is 0. The zero-order chi connectivity index (χ0) is 9.84. The lowest BCUT2D eigenvalue weighted by molar-refractivity contribution is 0.0218. The highest BCUT2D eigenvalue weighted by atomic mass is 16.3. The second-order valence-electron chi connectivity index (χ2n) is 4.12. The molecule has 13 heavy (non-hydrogen) atoms. The van der Waals surface area contributed by atoms with Crippen LogP contribution >= 0.6 is 0 Å². The van der Waals surface area contributed by atoms with E-state index in [1.807, 2.05) is 6.92 Å². The van der Waals surface area contributed by atoms with Crippen molar-refractivity contribution in [1.29, 1.82) is 0 Å². The highest BCUT2D eigenvalue weighted by molar-refractivity contribution is 5.11. The summed E-state index contributed by atoms with van der Waals surface area (Å²) in [5.41, 5.74) is 3.05. The van der Waals surface area contributed by atoms with Gasteiger partial charge in [0.1, 0.15) is 6.23 Å². The fourth-order valence-corrected chi connectivity index (χ4v) is 1.88. The molecule has 1 atom stereocenters. The summed E-state index contributed by atoms with van der Waals surface area (Å²) in [4.78, 5) is 2.15. The maximum Gasteiger partial charge on any atom is 0.104 e. The van der Waals surface area contributed by atoms with Gasteiger partial charge < -0.3 is 5.11 Å². The molecule has 1 unspecified atom stereocenters. The summed E-state index contributed by atoms with van der Waals surface area (Å²) >= 11 is 0. The van der Waals surface area contributed by atoms with Crippen molar-refractivity contribution in [3.8, 4) is 0 Å². The van der Waals surface area contributed by atoms with Crippen LogP contribution in [-0.4, -0.2) is 29.3 Å². The molecule has 1 aliphatic heterocycles. The highest BCUT2D eigenvalue weighted by Crippen LogP contribution is 2.20. The Morgan fingerprint density at radius 3 is 2.54 bits per heavy atom. The molecule has 1 heterocycles. The fraction of sp³-hybridized carbons (Fsp3) is 0.818. The van der Waals surface area contributed by atoms with Gasteiger partial charge in [-0.3, -0.25) is 4.90 Å². The Kier molecular flexibility index (Phi) is 3.94. The third kappa shape index (κ3) is 3.12. The number of aliphatic hydroxyl groups is 1. The van der Waals surface area contributed by atoms with Gasteiger partial charge in [0.25, 0.3) is 0 Å². The monoisotopic (exact) mass is 183 g/mol. The van der Waals surface area contributed by atoms with E-state index in [4.69, 9.17) is 0 Å². The number of allylic oxidation sites excluding steroid dienone is 1. The zero-order valence-electron chi connectivity index (χ0n) is 9.01. The van der Waals surface area contributed by atoms with Gasteiger partial charge in [-0.25, -0.2) is 0 Å². The molecule has 1 N–H and O–H groups in total. The van der Waals surface area contributed by atoms with Crippen molar-refractivity contribution in [2.45, 2.75) is 46.3 Å². The molecule has 0 spiro atoms. The summed E-state index contributed by atoms with van der Waals surface area (Å²) in [7, 11) is 0. The Hall–Kier alpha value is -0.340. The molecule has 1 aliphatic rings. The molecular weight excluding hydrogens is 162 g/mol. The van der Waals surface area contributed by atoms with Crippen molar-refractivity contribution in [3.05, 3.63) is 11.1 Å². The molecule has 2 heteroatoms. The SMILES string of the molecule is CC(C)=C1CCCN(C(C)O)CC1. The summed E-state index contributed by atoms with van der Waals surface area (Å²) in [5.74, 6) is 0. The third-order valence-electron chi connectivity index (χ3n) is 2.86. The molecular formula is C11H21NO. The summed E-state index contributed by atoms with van der Waals surface area (Å²) in [6.07, 6.45) is 3.25. The molecule has 0 bridgehead atoms. The van der Waals surface area contributed by atoms with Crippen LogP contribution < -0.4 is 0 Å². The lowest BCUT2D eigenvalue weighted by Crippen LogP contribution is -2.33. The van der Waals surface area contributed by atoms with E-state index in [0.29, 0.717) is 0 Å². The maximum atomic E-state index is 9.44. The first kappa shape index (κ1) is 10.7. The van der Waals surface area contributed by atoms with Gasteiger partial charge in [-0.2, -0.15) is 0 Å². The van der Waals surface area contributed by atoms with Crippen molar-refractivity contribution in [1.82, 2.24) is 4.90 Å². The summed E-state index contributed by atoms with van der Waals surface area (Å²) in [5, 5.41) is 9.44. The minimum absolute atomic E-state index is 0.281. The number of aliphatic hydroxyl groups excluding tert-OH is 1. The van der Waals surface area contributed by atoms with Gasteiger partial charge in [-0.05, 0) is 40.0 Å². The number of nitrogens with zero attached hydrogens (tertiary/aromatic N) is 1. The standard InChI is InChI=1S/C11H21NO/c1-9(2)11-5-4-7-12(8-6-11)10(3)13/h10,13H,4-8H2,1-3H3. The van der Waals surface area contributed by atoms with Crippen molar-refractivity contribution in [2.75, 3.05) is 13.1 Å². The van der Waals surface area contributed by atoms with Crippen LogP contribution in [0.5, 0.6) is 0 Å². The lowest BCUT2D eigenvalue weighted by Gasteiger charge is -2.22. The van der Waals surface area contributed by atoms with Gasteiger partial charge in [0.15, 0.2) is 0 Å². The zero-order valence-corrected chi connectivity index (χ0v) is 9.01. The molecule has 0 aliphatic carbocycles. The van der Waals surface area contributed by atoms with E-state index in [0.717, 1.165) is 19.5 Å². The summed E-state index contributed by atoms with van der Waals surface area (Å²) in [6.45, 7) is 8.28. The first-order chi connectivity index (χ1) is 6.11. The molecule has 0 radical (unpaired) electrons. The average molecular weight is 183 g/mol.